The highest BCUT2D eigenvalue weighted by atomic mass is 35.5. The Bertz CT molecular complexity index is 1720. The Morgan fingerprint density at radius 2 is 2.00 bits per heavy atom. The number of nitrogens with one attached hydrogen (secondary N) is 2. The molecule has 0 unspecified atom stereocenters. The summed E-state index contributed by atoms with van der Waals surface area (Å²) in [5, 5.41) is 12.8. The molecule has 0 bridgehead atoms. The maximum absolute atomic E-state index is 15.7. The third kappa shape index (κ3) is 3.35. The lowest BCUT2D eigenvalue weighted by Crippen LogP contribution is -2.49. The van der Waals surface area contributed by atoms with Gasteiger partial charge in [0.25, 0.3) is 0 Å². The molecule has 1 fully saturated rings. The molecule has 1 spiro atoms. The van der Waals surface area contributed by atoms with Gasteiger partial charge >= 0.3 is 5.97 Å². The fourth-order valence-electron chi connectivity index (χ4n) is 6.67. The average molecular weight is 567 g/mol. The molecular weight excluding hydrogens is 542 g/mol. The van der Waals surface area contributed by atoms with Crippen molar-refractivity contribution in [2.45, 2.75) is 44.3 Å². The van der Waals surface area contributed by atoms with E-state index in [2.05, 4.69) is 10.6 Å². The zero-order valence-corrected chi connectivity index (χ0v) is 21.8. The molecule has 3 aromatic carbocycles. The first kappa shape index (κ1) is 25.8. The van der Waals surface area contributed by atoms with E-state index in [1.807, 2.05) is 23.7 Å². The number of carbonyl (C=O) groups excluding carboxylic acids is 2. The molecule has 3 aliphatic rings. The van der Waals surface area contributed by atoms with Crippen molar-refractivity contribution in [2.75, 3.05) is 12.4 Å². The smallest absolute Gasteiger partial charge is 0.338 e. The van der Waals surface area contributed by atoms with Crippen molar-refractivity contribution in [3.8, 4) is 0 Å². The van der Waals surface area contributed by atoms with Gasteiger partial charge in [0.1, 0.15) is 11.4 Å². The maximum Gasteiger partial charge on any atom is 0.338 e. The van der Waals surface area contributed by atoms with E-state index in [4.69, 9.17) is 33.0 Å². The van der Waals surface area contributed by atoms with Crippen molar-refractivity contribution in [1.29, 1.82) is 0 Å². The second-order valence-corrected chi connectivity index (χ2v) is 10.9. The van der Waals surface area contributed by atoms with Crippen LogP contribution in [0.4, 0.5) is 10.1 Å². The number of fused-ring (bicyclic) bond motifs is 7. The third-order valence-electron chi connectivity index (χ3n) is 8.21. The maximum atomic E-state index is 15.7. The molecule has 0 aliphatic carbocycles. The summed E-state index contributed by atoms with van der Waals surface area (Å²) in [6, 6.07) is 13.2. The zero-order chi connectivity index (χ0) is 26.5. The predicted molar refractivity (Wildman–Crippen MR) is 148 cm³/mol. The summed E-state index contributed by atoms with van der Waals surface area (Å²) in [7, 11) is 1.34. The van der Waals surface area contributed by atoms with Crippen molar-refractivity contribution in [2.24, 2.45) is 0 Å². The topological polar surface area (TPSA) is 85.2 Å². The largest absolute Gasteiger partial charge is 0.465 e. The second-order valence-electron chi connectivity index (χ2n) is 10.1. The Balaban J connectivity index is 0.00000277. The van der Waals surface area contributed by atoms with Crippen LogP contribution in [0.5, 0.6) is 0 Å². The minimum Gasteiger partial charge on any atom is -0.465 e. The summed E-state index contributed by atoms with van der Waals surface area (Å²) in [6.45, 7) is 1.86. The number of benzene rings is 3. The van der Waals surface area contributed by atoms with Crippen LogP contribution in [0, 0.1) is 12.7 Å². The van der Waals surface area contributed by atoms with Crippen LogP contribution in [0.3, 0.4) is 0 Å². The van der Waals surface area contributed by atoms with E-state index in [0.717, 1.165) is 16.6 Å². The number of aromatic nitrogens is 2. The van der Waals surface area contributed by atoms with E-state index >= 15 is 4.39 Å². The fourth-order valence-corrected chi connectivity index (χ4v) is 7.03. The molecule has 0 radical (unpaired) electrons. The number of esters is 1. The van der Waals surface area contributed by atoms with Gasteiger partial charge < -0.3 is 10.1 Å². The highest BCUT2D eigenvalue weighted by Gasteiger charge is 2.65. The minimum atomic E-state index is -1.26. The highest BCUT2D eigenvalue weighted by molar-refractivity contribution is 6.31. The van der Waals surface area contributed by atoms with Crippen LogP contribution in [-0.4, -0.2) is 34.8 Å². The van der Waals surface area contributed by atoms with Crippen LogP contribution >= 0.6 is 23.2 Å². The van der Waals surface area contributed by atoms with Gasteiger partial charge in [0, 0.05) is 45.7 Å². The van der Waals surface area contributed by atoms with Crippen molar-refractivity contribution in [3.05, 3.63) is 92.3 Å². The van der Waals surface area contributed by atoms with Gasteiger partial charge in [-0.1, -0.05) is 48.8 Å². The van der Waals surface area contributed by atoms with Crippen LogP contribution in [0.2, 0.25) is 10.0 Å². The van der Waals surface area contributed by atoms with Gasteiger partial charge in [0.05, 0.1) is 29.3 Å². The number of carbonyl (C=O) groups is 2. The molecule has 39 heavy (non-hydrogen) atoms. The molecule has 7 nitrogen and oxygen atoms in total. The molecule has 1 amide bonds. The van der Waals surface area contributed by atoms with E-state index in [9.17, 15) is 9.59 Å². The van der Waals surface area contributed by atoms with Gasteiger partial charge in [0.2, 0.25) is 5.91 Å². The number of ether oxygens (including phenoxy) is 1. The Morgan fingerprint density at radius 1 is 1.21 bits per heavy atom. The van der Waals surface area contributed by atoms with Gasteiger partial charge in [-0.3, -0.25) is 14.8 Å². The fraction of sp³-hybridized carbons (Fsp3) is 0.276. The van der Waals surface area contributed by atoms with E-state index in [1.54, 1.807) is 30.3 Å². The lowest BCUT2D eigenvalue weighted by molar-refractivity contribution is -0.122. The first-order chi connectivity index (χ1) is 18.2. The number of anilines is 1. The van der Waals surface area contributed by atoms with Crippen molar-refractivity contribution < 1.29 is 18.7 Å². The van der Waals surface area contributed by atoms with Gasteiger partial charge in [-0.2, -0.15) is 5.10 Å². The average Bonchev–Trinajstić information content (AvgIpc) is 3.58. The van der Waals surface area contributed by atoms with Gasteiger partial charge in [-0.25, -0.2) is 9.18 Å². The number of hydrogen-bond acceptors (Lipinski definition) is 5. The van der Waals surface area contributed by atoms with Crippen molar-refractivity contribution in [1.82, 2.24) is 15.1 Å². The van der Waals surface area contributed by atoms with Gasteiger partial charge in [-0.15, -0.1) is 0 Å². The lowest BCUT2D eigenvalue weighted by atomic mass is 9.74. The van der Waals surface area contributed by atoms with Crippen LogP contribution < -0.4 is 10.6 Å². The van der Waals surface area contributed by atoms with Crippen LogP contribution in [-0.2, 0) is 21.5 Å². The third-order valence-corrected chi connectivity index (χ3v) is 8.74. The first-order valence-electron chi connectivity index (χ1n) is 12.2. The van der Waals surface area contributed by atoms with E-state index in [1.165, 1.54) is 13.2 Å². The quantitative estimate of drug-likeness (QED) is 0.294. The monoisotopic (exact) mass is 566 g/mol. The Morgan fingerprint density at radius 3 is 2.77 bits per heavy atom. The summed E-state index contributed by atoms with van der Waals surface area (Å²) in [5.74, 6) is -1.96. The Kier molecular flexibility index (Phi) is 5.81. The van der Waals surface area contributed by atoms with E-state index in [-0.39, 0.29) is 24.4 Å². The minimum absolute atomic E-state index is 0. The Hall–Kier alpha value is -3.46. The standard InChI is InChI=1S/C28H21Cl2FN4O3.CH4/c1-12-8-16-19(10-15(12)26(36)38-2)34-35-22(16)11-21-25(35)23(14-4-3-5-18(30)24(14)31)28(33-21)17-7-6-13(29)9-20(17)32-27(28)37;/h3-10,21,23,25,33H,11H2,1-2H3,(H,32,37);1H4/t21-,23-,25+,28+;/m0./s1. The number of amides is 1. The SMILES string of the molecule is C.COC(=O)c1cc2nn3c(c2cc1C)C[C@@H]1N[C@@]2(C(=O)Nc4cc(Cl)ccc42)[C@@H](c2cccc(Cl)c2F)[C@@H]13. The summed E-state index contributed by atoms with van der Waals surface area (Å²) in [5.41, 5.74) is 3.17. The first-order valence-corrected chi connectivity index (χ1v) is 12.9. The van der Waals surface area contributed by atoms with Gasteiger partial charge in [0.15, 0.2) is 0 Å². The molecule has 4 atom stereocenters. The summed E-state index contributed by atoms with van der Waals surface area (Å²) in [4.78, 5) is 26.1. The molecule has 4 aromatic rings. The highest BCUT2D eigenvalue weighted by Crippen LogP contribution is 2.59. The molecule has 10 heteroatoms. The molecule has 200 valence electrons. The van der Waals surface area contributed by atoms with E-state index < -0.39 is 29.3 Å². The van der Waals surface area contributed by atoms with Crippen molar-refractivity contribution >= 4 is 51.7 Å². The number of methoxy groups -OCH3 is 1. The van der Waals surface area contributed by atoms with Crippen molar-refractivity contribution in [3.63, 3.8) is 0 Å². The second kappa shape index (κ2) is 8.78. The van der Waals surface area contributed by atoms with Crippen LogP contribution in [0.15, 0.2) is 48.5 Å². The molecule has 2 N–H and O–H groups in total. The number of rotatable bonds is 2. The Labute approximate surface area is 234 Å². The summed E-state index contributed by atoms with van der Waals surface area (Å²) >= 11 is 12.5. The molecule has 3 aliphatic heterocycles. The van der Waals surface area contributed by atoms with Crippen LogP contribution in [0.25, 0.3) is 10.9 Å². The molecule has 4 heterocycles. The normalized spacial score (nSPS) is 24.3. The molecule has 1 aromatic heterocycles. The number of nitrogens with zero attached hydrogens (tertiary/aromatic N) is 2. The molecule has 0 saturated carbocycles. The van der Waals surface area contributed by atoms with Crippen LogP contribution in [0.1, 0.15) is 52.1 Å². The summed E-state index contributed by atoms with van der Waals surface area (Å²) < 4.78 is 22.6. The zero-order valence-electron chi connectivity index (χ0n) is 20.3. The number of aryl methyl sites for hydroxylation is 1. The summed E-state index contributed by atoms with van der Waals surface area (Å²) in [6.07, 6.45) is 0.564. The number of halogens is 3. The lowest BCUT2D eigenvalue weighted by Gasteiger charge is -2.33. The van der Waals surface area contributed by atoms with Gasteiger partial charge in [-0.05, 0) is 48.4 Å². The van der Waals surface area contributed by atoms with E-state index in [0.29, 0.717) is 39.3 Å². The number of hydrogen-bond donors (Lipinski definition) is 2. The molecule has 7 rings (SSSR count). The molecule has 1 saturated heterocycles. The molecular formula is C29H25Cl2FN4O3. The predicted octanol–water partition coefficient (Wildman–Crippen LogP) is 5.91.